The SMILES string of the molecule is CN=C(NCCc1cccc(F)c1)NCCc1cccc2cccnc12.I. The topological polar surface area (TPSA) is 49.3 Å². The molecule has 0 aliphatic carbocycles. The fourth-order valence-electron chi connectivity index (χ4n) is 2.92. The van der Waals surface area contributed by atoms with Crippen LogP contribution in [0.15, 0.2) is 65.8 Å². The zero-order valence-electron chi connectivity index (χ0n) is 15.3. The van der Waals surface area contributed by atoms with E-state index in [0.29, 0.717) is 6.54 Å². The molecule has 0 bridgehead atoms. The molecule has 1 aromatic heterocycles. The van der Waals surface area contributed by atoms with Gasteiger partial charge >= 0.3 is 0 Å². The van der Waals surface area contributed by atoms with E-state index in [1.54, 1.807) is 19.2 Å². The number of aromatic nitrogens is 1. The highest BCUT2D eigenvalue weighted by atomic mass is 127. The summed E-state index contributed by atoms with van der Waals surface area (Å²) in [6, 6.07) is 16.9. The van der Waals surface area contributed by atoms with Gasteiger partial charge in [-0.2, -0.15) is 0 Å². The van der Waals surface area contributed by atoms with Crippen molar-refractivity contribution in [1.29, 1.82) is 0 Å². The van der Waals surface area contributed by atoms with Crippen molar-refractivity contribution in [3.63, 3.8) is 0 Å². The number of guanidine groups is 1. The number of hydrogen-bond donors (Lipinski definition) is 2. The van der Waals surface area contributed by atoms with E-state index in [2.05, 4.69) is 44.9 Å². The number of nitrogens with one attached hydrogen (secondary N) is 2. The lowest BCUT2D eigenvalue weighted by atomic mass is 10.1. The normalized spacial score (nSPS) is 11.1. The molecule has 2 N–H and O–H groups in total. The average Bonchev–Trinajstić information content (AvgIpc) is 2.67. The lowest BCUT2D eigenvalue weighted by Gasteiger charge is -2.12. The second-order valence-corrected chi connectivity index (χ2v) is 6.05. The maximum atomic E-state index is 13.2. The molecule has 6 heteroatoms. The first-order valence-corrected chi connectivity index (χ1v) is 8.78. The van der Waals surface area contributed by atoms with Crippen LogP contribution >= 0.6 is 24.0 Å². The predicted octanol–water partition coefficient (Wildman–Crippen LogP) is 3.94. The monoisotopic (exact) mass is 478 g/mol. The van der Waals surface area contributed by atoms with Crippen LogP contribution in [-0.4, -0.2) is 31.1 Å². The molecular formula is C21H24FIN4. The molecular weight excluding hydrogens is 454 g/mol. The zero-order chi connectivity index (χ0) is 18.2. The van der Waals surface area contributed by atoms with E-state index >= 15 is 0 Å². The maximum Gasteiger partial charge on any atom is 0.190 e. The summed E-state index contributed by atoms with van der Waals surface area (Å²) < 4.78 is 13.2. The number of rotatable bonds is 6. The molecule has 0 saturated carbocycles. The number of fused-ring (bicyclic) bond motifs is 1. The average molecular weight is 478 g/mol. The fourth-order valence-corrected chi connectivity index (χ4v) is 2.92. The van der Waals surface area contributed by atoms with Gasteiger partial charge in [0.05, 0.1) is 5.52 Å². The van der Waals surface area contributed by atoms with Gasteiger partial charge < -0.3 is 10.6 Å². The molecule has 0 saturated heterocycles. The summed E-state index contributed by atoms with van der Waals surface area (Å²) >= 11 is 0. The Morgan fingerprint density at radius 1 is 1.00 bits per heavy atom. The maximum absolute atomic E-state index is 13.2. The largest absolute Gasteiger partial charge is 0.356 e. The van der Waals surface area contributed by atoms with E-state index in [0.717, 1.165) is 41.8 Å². The summed E-state index contributed by atoms with van der Waals surface area (Å²) in [5.74, 6) is 0.545. The van der Waals surface area contributed by atoms with Gasteiger partial charge in [-0.3, -0.25) is 9.98 Å². The Hall–Kier alpha value is -2.22. The molecule has 0 atom stereocenters. The molecule has 3 rings (SSSR count). The molecule has 2 aromatic carbocycles. The van der Waals surface area contributed by atoms with Crippen molar-refractivity contribution in [1.82, 2.24) is 15.6 Å². The highest BCUT2D eigenvalue weighted by molar-refractivity contribution is 14.0. The molecule has 142 valence electrons. The summed E-state index contributed by atoms with van der Waals surface area (Å²) in [7, 11) is 1.75. The van der Waals surface area contributed by atoms with E-state index in [9.17, 15) is 4.39 Å². The van der Waals surface area contributed by atoms with Gasteiger partial charge in [0.15, 0.2) is 5.96 Å². The first-order chi connectivity index (χ1) is 12.8. The summed E-state index contributed by atoms with van der Waals surface area (Å²) in [6.07, 6.45) is 3.43. The van der Waals surface area contributed by atoms with Gasteiger partial charge in [-0.25, -0.2) is 4.39 Å². The first-order valence-electron chi connectivity index (χ1n) is 8.78. The second kappa shape index (κ2) is 10.8. The number of nitrogens with zero attached hydrogens (tertiary/aromatic N) is 2. The van der Waals surface area contributed by atoms with Crippen LogP contribution in [0.5, 0.6) is 0 Å². The van der Waals surface area contributed by atoms with E-state index in [1.807, 2.05) is 18.3 Å². The Morgan fingerprint density at radius 3 is 2.52 bits per heavy atom. The van der Waals surface area contributed by atoms with Gasteiger partial charge in [0.25, 0.3) is 0 Å². The number of pyridine rings is 1. The molecule has 0 spiro atoms. The molecule has 27 heavy (non-hydrogen) atoms. The number of halogens is 2. The molecule has 0 aliphatic rings. The number of para-hydroxylation sites is 1. The number of benzene rings is 2. The predicted molar refractivity (Wildman–Crippen MR) is 120 cm³/mol. The van der Waals surface area contributed by atoms with Crippen molar-refractivity contribution < 1.29 is 4.39 Å². The Balaban J connectivity index is 0.00000261. The number of hydrogen-bond acceptors (Lipinski definition) is 2. The highest BCUT2D eigenvalue weighted by Crippen LogP contribution is 2.15. The second-order valence-electron chi connectivity index (χ2n) is 6.05. The van der Waals surface area contributed by atoms with Crippen LogP contribution in [0, 0.1) is 5.82 Å². The highest BCUT2D eigenvalue weighted by Gasteiger charge is 2.03. The molecule has 0 amide bonds. The van der Waals surface area contributed by atoms with Gasteiger partial charge in [-0.05, 0) is 42.2 Å². The van der Waals surface area contributed by atoms with Crippen molar-refractivity contribution in [2.45, 2.75) is 12.8 Å². The van der Waals surface area contributed by atoms with E-state index in [1.165, 1.54) is 11.6 Å². The Labute approximate surface area is 176 Å². The zero-order valence-corrected chi connectivity index (χ0v) is 17.6. The molecule has 3 aromatic rings. The molecule has 0 radical (unpaired) electrons. The Kier molecular flexibility index (Phi) is 8.44. The molecule has 0 aliphatic heterocycles. The van der Waals surface area contributed by atoms with Crippen LogP contribution < -0.4 is 10.6 Å². The van der Waals surface area contributed by atoms with Gasteiger partial charge in [-0.1, -0.05) is 36.4 Å². The van der Waals surface area contributed by atoms with Crippen LogP contribution in [-0.2, 0) is 12.8 Å². The van der Waals surface area contributed by atoms with Crippen molar-refractivity contribution in [2.24, 2.45) is 4.99 Å². The molecule has 1 heterocycles. The third-order valence-corrected chi connectivity index (χ3v) is 4.22. The Morgan fingerprint density at radius 2 is 1.74 bits per heavy atom. The summed E-state index contributed by atoms with van der Waals surface area (Å²) in [4.78, 5) is 8.72. The summed E-state index contributed by atoms with van der Waals surface area (Å²) in [5, 5.41) is 7.73. The van der Waals surface area contributed by atoms with Crippen LogP contribution in [0.2, 0.25) is 0 Å². The van der Waals surface area contributed by atoms with Gasteiger partial charge in [0.2, 0.25) is 0 Å². The van der Waals surface area contributed by atoms with Gasteiger partial charge in [-0.15, -0.1) is 24.0 Å². The molecule has 0 unspecified atom stereocenters. The van der Waals surface area contributed by atoms with Crippen molar-refractivity contribution >= 4 is 40.8 Å². The van der Waals surface area contributed by atoms with Crippen LogP contribution in [0.1, 0.15) is 11.1 Å². The van der Waals surface area contributed by atoms with Crippen molar-refractivity contribution in [2.75, 3.05) is 20.1 Å². The minimum Gasteiger partial charge on any atom is -0.356 e. The lowest BCUT2D eigenvalue weighted by Crippen LogP contribution is -2.39. The third-order valence-electron chi connectivity index (χ3n) is 4.22. The summed E-state index contributed by atoms with van der Waals surface area (Å²) in [6.45, 7) is 1.45. The molecule has 4 nitrogen and oxygen atoms in total. The molecule has 0 fully saturated rings. The fraction of sp³-hybridized carbons (Fsp3) is 0.238. The van der Waals surface area contributed by atoms with Crippen molar-refractivity contribution in [3.8, 4) is 0 Å². The quantitative estimate of drug-likeness (QED) is 0.321. The minimum absolute atomic E-state index is 0. The minimum atomic E-state index is -0.200. The number of aliphatic imine (C=N–C) groups is 1. The first kappa shape index (κ1) is 21.1. The third kappa shape index (κ3) is 6.16. The van der Waals surface area contributed by atoms with Crippen LogP contribution in [0.25, 0.3) is 10.9 Å². The van der Waals surface area contributed by atoms with E-state index in [4.69, 9.17) is 0 Å². The van der Waals surface area contributed by atoms with E-state index in [-0.39, 0.29) is 29.8 Å². The Bertz CT molecular complexity index is 893. The summed E-state index contributed by atoms with van der Waals surface area (Å²) in [5.41, 5.74) is 3.23. The standard InChI is InChI=1S/C21H23FN4.HI/c1-23-21(25-13-10-16-5-2-9-19(22)15-16)26-14-11-18-7-3-6-17-8-4-12-24-20(17)18;/h2-9,12,15H,10-11,13-14H2,1H3,(H2,23,25,26);1H. The van der Waals surface area contributed by atoms with Crippen LogP contribution in [0.3, 0.4) is 0 Å². The van der Waals surface area contributed by atoms with E-state index < -0.39 is 0 Å². The van der Waals surface area contributed by atoms with Gasteiger partial charge in [0.1, 0.15) is 5.82 Å². The van der Waals surface area contributed by atoms with Gasteiger partial charge in [0, 0.05) is 31.7 Å². The lowest BCUT2D eigenvalue weighted by molar-refractivity contribution is 0.625. The van der Waals surface area contributed by atoms with Crippen molar-refractivity contribution in [3.05, 3.63) is 77.7 Å². The smallest absolute Gasteiger partial charge is 0.190 e. The van der Waals surface area contributed by atoms with Crippen LogP contribution in [0.4, 0.5) is 4.39 Å².